The van der Waals surface area contributed by atoms with Crippen molar-refractivity contribution in [1.29, 1.82) is 0 Å². The molecule has 2 rings (SSSR count). The molecular weight excluding hydrogens is 306 g/mol. The summed E-state index contributed by atoms with van der Waals surface area (Å²) in [6.07, 6.45) is 1.33. The zero-order valence-corrected chi connectivity index (χ0v) is 12.6. The lowest BCUT2D eigenvalue weighted by Crippen LogP contribution is -2.22. The molecule has 2 N–H and O–H groups in total. The van der Waals surface area contributed by atoms with Crippen LogP contribution in [0.2, 0.25) is 0 Å². The Bertz CT molecular complexity index is 766. The molecule has 0 spiro atoms. The van der Waals surface area contributed by atoms with E-state index in [0.29, 0.717) is 11.5 Å². The average molecular weight is 321 g/mol. The topological polar surface area (TPSA) is 101 Å². The predicted molar refractivity (Wildman–Crippen MR) is 80.6 cm³/mol. The van der Waals surface area contributed by atoms with Crippen LogP contribution in [0.4, 0.5) is 0 Å². The van der Waals surface area contributed by atoms with Gasteiger partial charge in [0.1, 0.15) is 11.5 Å². The number of nitrogens with zero attached hydrogens (tertiary/aromatic N) is 1. The number of carbonyl (C=O) groups excluding carboxylic acids is 1. The zero-order chi connectivity index (χ0) is 16.0. The van der Waals surface area contributed by atoms with Crippen molar-refractivity contribution < 1.29 is 17.6 Å². The molecule has 1 amide bonds. The Morgan fingerprint density at radius 2 is 1.95 bits per heavy atom. The van der Waals surface area contributed by atoms with Gasteiger partial charge >= 0.3 is 0 Å². The second-order valence-corrected chi connectivity index (χ2v) is 6.13. The van der Waals surface area contributed by atoms with Gasteiger partial charge in [0.25, 0.3) is 0 Å². The van der Waals surface area contributed by atoms with Crippen LogP contribution in [-0.4, -0.2) is 20.5 Å². The summed E-state index contributed by atoms with van der Waals surface area (Å²) in [5.41, 5.74) is 2.24. The summed E-state index contributed by atoms with van der Waals surface area (Å²) in [6, 6.07) is 11.3. The van der Waals surface area contributed by atoms with Crippen molar-refractivity contribution in [3.05, 3.63) is 54.0 Å². The molecule has 0 aliphatic carbocycles. The minimum Gasteiger partial charge on any atom is -0.459 e. The standard InChI is InChI=1S/C14H15N3O4S/c1-11(18)17-15-9-12-7-8-13(21-12)10-16-22(19,20)14-5-3-2-4-6-14/h2-9,16H,10H2,1H3,(H,17,18)/b15-9-. The SMILES string of the molecule is CC(=O)N/N=C\c1ccc(CNS(=O)(=O)c2ccccc2)o1. The molecule has 0 saturated carbocycles. The van der Waals surface area contributed by atoms with Crippen molar-refractivity contribution in [2.75, 3.05) is 0 Å². The monoisotopic (exact) mass is 321 g/mol. The Kier molecular flexibility index (Phi) is 5.08. The van der Waals surface area contributed by atoms with Gasteiger partial charge in [-0.3, -0.25) is 4.79 Å². The largest absolute Gasteiger partial charge is 0.459 e. The Hall–Kier alpha value is -2.45. The minimum absolute atomic E-state index is 0.0191. The Morgan fingerprint density at radius 3 is 2.64 bits per heavy atom. The van der Waals surface area contributed by atoms with Gasteiger partial charge in [-0.2, -0.15) is 5.10 Å². The summed E-state index contributed by atoms with van der Waals surface area (Å²) in [4.78, 5) is 10.8. The van der Waals surface area contributed by atoms with E-state index in [1.54, 1.807) is 30.3 Å². The lowest BCUT2D eigenvalue weighted by atomic mass is 10.4. The number of hydrazone groups is 1. The number of nitrogens with one attached hydrogen (secondary N) is 2. The summed E-state index contributed by atoms with van der Waals surface area (Å²) in [5, 5.41) is 3.65. The van der Waals surface area contributed by atoms with E-state index >= 15 is 0 Å². The molecule has 7 nitrogen and oxygen atoms in total. The third-order valence-electron chi connectivity index (χ3n) is 2.59. The summed E-state index contributed by atoms with van der Waals surface area (Å²) in [7, 11) is -3.58. The highest BCUT2D eigenvalue weighted by atomic mass is 32.2. The molecule has 1 heterocycles. The number of amides is 1. The normalized spacial score (nSPS) is 11.7. The van der Waals surface area contributed by atoms with Crippen molar-refractivity contribution in [2.24, 2.45) is 5.10 Å². The zero-order valence-electron chi connectivity index (χ0n) is 11.8. The Labute approximate surface area is 128 Å². The molecular formula is C14H15N3O4S. The van der Waals surface area contributed by atoms with Gasteiger partial charge in [0, 0.05) is 6.92 Å². The molecule has 1 aromatic heterocycles. The van der Waals surface area contributed by atoms with E-state index in [1.807, 2.05) is 0 Å². The van der Waals surface area contributed by atoms with E-state index in [1.165, 1.54) is 25.3 Å². The summed E-state index contributed by atoms with van der Waals surface area (Å²) >= 11 is 0. The predicted octanol–water partition coefficient (Wildman–Crippen LogP) is 1.23. The van der Waals surface area contributed by atoms with Crippen molar-refractivity contribution in [3.63, 3.8) is 0 Å². The minimum atomic E-state index is -3.58. The van der Waals surface area contributed by atoms with Gasteiger partial charge in [0.2, 0.25) is 15.9 Å². The maximum Gasteiger partial charge on any atom is 0.240 e. The number of hydrogen-bond donors (Lipinski definition) is 2. The van der Waals surface area contributed by atoms with Crippen LogP contribution in [0.1, 0.15) is 18.4 Å². The molecule has 22 heavy (non-hydrogen) atoms. The number of rotatable bonds is 6. The number of hydrogen-bond acceptors (Lipinski definition) is 5. The number of furan rings is 1. The fourth-order valence-corrected chi connectivity index (χ4v) is 2.61. The summed E-state index contributed by atoms with van der Waals surface area (Å²) in [5.74, 6) is 0.546. The van der Waals surface area contributed by atoms with Crippen molar-refractivity contribution >= 4 is 22.1 Å². The highest BCUT2D eigenvalue weighted by Crippen LogP contribution is 2.10. The first-order valence-electron chi connectivity index (χ1n) is 6.40. The molecule has 0 radical (unpaired) electrons. The van der Waals surface area contributed by atoms with Gasteiger partial charge in [-0.1, -0.05) is 18.2 Å². The molecule has 0 fully saturated rings. The fraction of sp³-hybridized carbons (Fsp3) is 0.143. The average Bonchev–Trinajstić information content (AvgIpc) is 2.94. The summed E-state index contributed by atoms with van der Waals surface area (Å²) < 4.78 is 31.9. The van der Waals surface area contributed by atoms with Crippen LogP contribution in [0.5, 0.6) is 0 Å². The molecule has 0 saturated heterocycles. The fourth-order valence-electron chi connectivity index (χ4n) is 1.59. The first-order chi connectivity index (χ1) is 10.5. The molecule has 0 unspecified atom stereocenters. The van der Waals surface area contributed by atoms with Crippen molar-refractivity contribution in [1.82, 2.24) is 10.1 Å². The summed E-state index contributed by atoms with van der Waals surface area (Å²) in [6.45, 7) is 1.36. The lowest BCUT2D eigenvalue weighted by molar-refractivity contribution is -0.118. The molecule has 0 atom stereocenters. The number of sulfonamides is 1. The highest BCUT2D eigenvalue weighted by molar-refractivity contribution is 7.89. The molecule has 0 aliphatic heterocycles. The first-order valence-corrected chi connectivity index (χ1v) is 7.89. The van der Waals surface area contributed by atoms with Crippen molar-refractivity contribution in [2.45, 2.75) is 18.4 Å². The van der Waals surface area contributed by atoms with Crippen LogP contribution in [0.3, 0.4) is 0 Å². The maximum absolute atomic E-state index is 12.0. The van der Waals surface area contributed by atoms with Gasteiger partial charge in [0.15, 0.2) is 0 Å². The Morgan fingerprint density at radius 1 is 1.23 bits per heavy atom. The van der Waals surface area contributed by atoms with Crippen LogP contribution in [0, 0.1) is 0 Å². The van der Waals surface area contributed by atoms with Crippen LogP contribution in [-0.2, 0) is 21.4 Å². The van der Waals surface area contributed by atoms with Crippen LogP contribution in [0.15, 0.2) is 56.9 Å². The molecule has 0 bridgehead atoms. The van der Waals surface area contributed by atoms with Crippen LogP contribution < -0.4 is 10.1 Å². The Balaban J connectivity index is 1.96. The molecule has 1 aromatic carbocycles. The smallest absolute Gasteiger partial charge is 0.240 e. The van der Waals surface area contributed by atoms with Gasteiger partial charge in [0.05, 0.1) is 17.7 Å². The number of benzene rings is 1. The van der Waals surface area contributed by atoms with E-state index < -0.39 is 10.0 Å². The van der Waals surface area contributed by atoms with Gasteiger partial charge in [-0.15, -0.1) is 0 Å². The maximum atomic E-state index is 12.0. The molecule has 2 aromatic rings. The van der Waals surface area contributed by atoms with E-state index in [-0.39, 0.29) is 17.3 Å². The first kappa shape index (κ1) is 15.9. The highest BCUT2D eigenvalue weighted by Gasteiger charge is 2.13. The molecule has 8 heteroatoms. The number of carbonyl (C=O) groups is 1. The van der Waals surface area contributed by atoms with Crippen molar-refractivity contribution in [3.8, 4) is 0 Å². The quantitative estimate of drug-likeness (QED) is 0.617. The van der Waals surface area contributed by atoms with Gasteiger partial charge in [-0.05, 0) is 24.3 Å². The van der Waals surface area contributed by atoms with E-state index in [9.17, 15) is 13.2 Å². The van der Waals surface area contributed by atoms with Crippen LogP contribution in [0.25, 0.3) is 0 Å². The second kappa shape index (κ2) is 7.01. The third-order valence-corrected chi connectivity index (χ3v) is 4.00. The van der Waals surface area contributed by atoms with Gasteiger partial charge in [-0.25, -0.2) is 18.6 Å². The molecule has 116 valence electrons. The van der Waals surface area contributed by atoms with Gasteiger partial charge < -0.3 is 4.42 Å². The lowest BCUT2D eigenvalue weighted by Gasteiger charge is -2.04. The third kappa shape index (κ3) is 4.54. The van der Waals surface area contributed by atoms with E-state index in [0.717, 1.165) is 0 Å². The van der Waals surface area contributed by atoms with E-state index in [2.05, 4.69) is 15.2 Å². The van der Waals surface area contributed by atoms with E-state index in [4.69, 9.17) is 4.42 Å². The van der Waals surface area contributed by atoms with Crippen LogP contribution >= 0.6 is 0 Å². The molecule has 0 aliphatic rings. The second-order valence-electron chi connectivity index (χ2n) is 4.37.